The molecule has 31 heavy (non-hydrogen) atoms. The average Bonchev–Trinajstić information content (AvgIpc) is 3.58. The molecule has 2 aromatic carbocycles. The molecule has 1 saturated carbocycles. The van der Waals surface area contributed by atoms with E-state index in [0.717, 1.165) is 18.4 Å². The first-order valence-corrected chi connectivity index (χ1v) is 10.6. The number of aliphatic carboxylic acids is 1. The van der Waals surface area contributed by atoms with E-state index in [0.29, 0.717) is 50.1 Å². The van der Waals surface area contributed by atoms with Crippen molar-refractivity contribution in [2.24, 2.45) is 5.92 Å². The molecule has 1 aliphatic carbocycles. The Hall–Kier alpha value is -3.06. The fourth-order valence-corrected chi connectivity index (χ4v) is 3.15. The molecule has 0 aromatic heterocycles. The standard InChI is InChI=1S/C24H29NO6/c1-2-29-22(23(26)27)16-18-10-12-20(13-11-18)30-15-14-25(17-19-8-9-19)24(28)31-21-6-4-3-5-7-21/h3-7,10-13,19,22H,2,8-9,14-17H2,1H3,(H,26,27). The molecule has 0 saturated heterocycles. The number of carbonyl (C=O) groups is 2. The highest BCUT2D eigenvalue weighted by atomic mass is 16.6. The summed E-state index contributed by atoms with van der Waals surface area (Å²) in [6.07, 6.45) is 1.34. The summed E-state index contributed by atoms with van der Waals surface area (Å²) in [6, 6.07) is 16.3. The number of para-hydroxylation sites is 1. The van der Waals surface area contributed by atoms with Crippen molar-refractivity contribution in [3.8, 4) is 11.5 Å². The molecule has 166 valence electrons. The number of carboxylic acids is 1. The van der Waals surface area contributed by atoms with Crippen LogP contribution in [0.4, 0.5) is 4.79 Å². The Morgan fingerprint density at radius 2 is 1.77 bits per heavy atom. The minimum Gasteiger partial charge on any atom is -0.492 e. The van der Waals surface area contributed by atoms with Crippen molar-refractivity contribution in [2.75, 3.05) is 26.3 Å². The quantitative estimate of drug-likeness (QED) is 0.551. The molecule has 0 spiro atoms. The Bertz CT molecular complexity index is 835. The third kappa shape index (κ3) is 7.61. The van der Waals surface area contributed by atoms with Gasteiger partial charge in [-0.3, -0.25) is 0 Å². The molecule has 3 rings (SSSR count). The summed E-state index contributed by atoms with van der Waals surface area (Å²) >= 11 is 0. The van der Waals surface area contributed by atoms with Gasteiger partial charge in [0.05, 0.1) is 6.54 Å². The van der Waals surface area contributed by atoms with Crippen LogP contribution in [0.5, 0.6) is 11.5 Å². The van der Waals surface area contributed by atoms with Crippen LogP contribution in [0.2, 0.25) is 0 Å². The number of rotatable bonds is 12. The Kier molecular flexibility index (Phi) is 8.29. The van der Waals surface area contributed by atoms with E-state index >= 15 is 0 Å². The van der Waals surface area contributed by atoms with Crippen LogP contribution in [0.25, 0.3) is 0 Å². The molecule has 7 heteroatoms. The van der Waals surface area contributed by atoms with Gasteiger partial charge < -0.3 is 24.2 Å². The average molecular weight is 427 g/mol. The number of benzene rings is 2. The van der Waals surface area contributed by atoms with Gasteiger partial charge in [0.2, 0.25) is 0 Å². The first-order chi connectivity index (χ1) is 15.0. The molecule has 1 aliphatic rings. The Balaban J connectivity index is 1.49. The summed E-state index contributed by atoms with van der Waals surface area (Å²) in [7, 11) is 0. The highest BCUT2D eigenvalue weighted by Gasteiger charge is 2.27. The van der Waals surface area contributed by atoms with Gasteiger partial charge >= 0.3 is 12.1 Å². The lowest BCUT2D eigenvalue weighted by Crippen LogP contribution is -2.38. The molecule has 1 unspecified atom stereocenters. The van der Waals surface area contributed by atoms with Crippen LogP contribution in [-0.2, 0) is 16.0 Å². The second-order valence-corrected chi connectivity index (χ2v) is 7.55. The lowest BCUT2D eigenvalue weighted by Gasteiger charge is -2.22. The van der Waals surface area contributed by atoms with E-state index in [4.69, 9.17) is 14.2 Å². The van der Waals surface area contributed by atoms with Gasteiger partial charge in [-0.25, -0.2) is 9.59 Å². The van der Waals surface area contributed by atoms with Gasteiger partial charge in [0, 0.05) is 19.6 Å². The van der Waals surface area contributed by atoms with Crippen LogP contribution >= 0.6 is 0 Å². The number of hydrogen-bond donors (Lipinski definition) is 1. The maximum atomic E-state index is 12.6. The maximum absolute atomic E-state index is 12.6. The molecule has 0 bridgehead atoms. The molecule has 0 radical (unpaired) electrons. The van der Waals surface area contributed by atoms with Crippen LogP contribution in [0, 0.1) is 5.92 Å². The molecule has 1 atom stereocenters. The van der Waals surface area contributed by atoms with Crippen LogP contribution in [0.3, 0.4) is 0 Å². The second kappa shape index (κ2) is 11.4. The molecule has 1 N–H and O–H groups in total. The highest BCUT2D eigenvalue weighted by molar-refractivity contribution is 5.72. The normalized spacial score (nSPS) is 14.0. The van der Waals surface area contributed by atoms with Gasteiger partial charge in [-0.1, -0.05) is 30.3 Å². The van der Waals surface area contributed by atoms with E-state index in [-0.39, 0.29) is 6.09 Å². The van der Waals surface area contributed by atoms with Gasteiger partial charge in [-0.2, -0.15) is 0 Å². The molecule has 0 heterocycles. The zero-order valence-electron chi connectivity index (χ0n) is 17.7. The van der Waals surface area contributed by atoms with E-state index < -0.39 is 12.1 Å². The van der Waals surface area contributed by atoms with E-state index in [1.807, 2.05) is 30.3 Å². The lowest BCUT2D eigenvalue weighted by molar-refractivity contribution is -0.149. The Morgan fingerprint density at radius 1 is 1.06 bits per heavy atom. The number of amides is 1. The first-order valence-electron chi connectivity index (χ1n) is 10.6. The molecule has 1 fully saturated rings. The smallest absolute Gasteiger partial charge is 0.415 e. The van der Waals surface area contributed by atoms with Crippen molar-refractivity contribution >= 4 is 12.1 Å². The lowest BCUT2D eigenvalue weighted by atomic mass is 10.1. The summed E-state index contributed by atoms with van der Waals surface area (Å²) in [5.74, 6) is 0.752. The summed E-state index contributed by atoms with van der Waals surface area (Å²) < 4.78 is 16.5. The zero-order valence-corrected chi connectivity index (χ0v) is 17.7. The molecule has 0 aliphatic heterocycles. The van der Waals surface area contributed by atoms with Crippen molar-refractivity contribution in [3.05, 3.63) is 60.2 Å². The molecular weight excluding hydrogens is 398 g/mol. The number of nitrogens with zero attached hydrogens (tertiary/aromatic N) is 1. The topological polar surface area (TPSA) is 85.3 Å². The van der Waals surface area contributed by atoms with Gasteiger partial charge in [0.1, 0.15) is 18.1 Å². The zero-order chi connectivity index (χ0) is 22.1. The van der Waals surface area contributed by atoms with E-state index in [2.05, 4.69) is 0 Å². The third-order valence-corrected chi connectivity index (χ3v) is 5.00. The Labute approximate surface area is 182 Å². The maximum Gasteiger partial charge on any atom is 0.415 e. The van der Waals surface area contributed by atoms with E-state index in [9.17, 15) is 14.7 Å². The van der Waals surface area contributed by atoms with Crippen LogP contribution in [-0.4, -0.2) is 54.5 Å². The van der Waals surface area contributed by atoms with Gasteiger partial charge in [-0.05, 0) is 55.5 Å². The summed E-state index contributed by atoms with van der Waals surface area (Å²) in [6.45, 7) is 3.56. The van der Waals surface area contributed by atoms with Crippen molar-refractivity contribution in [3.63, 3.8) is 0 Å². The number of carboxylic acid groups (broad SMARTS) is 1. The van der Waals surface area contributed by atoms with Gasteiger partial charge in [0.15, 0.2) is 6.10 Å². The van der Waals surface area contributed by atoms with Crippen LogP contribution in [0.1, 0.15) is 25.3 Å². The van der Waals surface area contributed by atoms with Crippen molar-refractivity contribution < 1.29 is 28.9 Å². The van der Waals surface area contributed by atoms with Crippen molar-refractivity contribution in [1.29, 1.82) is 0 Å². The monoisotopic (exact) mass is 427 g/mol. The second-order valence-electron chi connectivity index (χ2n) is 7.55. The van der Waals surface area contributed by atoms with Gasteiger partial charge in [0.25, 0.3) is 0 Å². The summed E-state index contributed by atoms with van der Waals surface area (Å²) in [4.78, 5) is 25.5. The fourth-order valence-electron chi connectivity index (χ4n) is 3.15. The molecule has 1 amide bonds. The first kappa shape index (κ1) is 22.6. The van der Waals surface area contributed by atoms with E-state index in [1.165, 1.54) is 0 Å². The number of carbonyl (C=O) groups excluding carboxylic acids is 1. The van der Waals surface area contributed by atoms with Crippen molar-refractivity contribution in [1.82, 2.24) is 4.90 Å². The minimum atomic E-state index is -0.972. The van der Waals surface area contributed by atoms with Crippen LogP contribution in [0.15, 0.2) is 54.6 Å². The molecule has 2 aromatic rings. The predicted octanol–water partition coefficient (Wildman–Crippen LogP) is 4.01. The Morgan fingerprint density at radius 3 is 2.39 bits per heavy atom. The molecule has 7 nitrogen and oxygen atoms in total. The van der Waals surface area contributed by atoms with Crippen LogP contribution < -0.4 is 9.47 Å². The summed E-state index contributed by atoms with van der Waals surface area (Å²) in [5, 5.41) is 9.20. The molecular formula is C24H29NO6. The minimum absolute atomic E-state index is 0.296. The SMILES string of the molecule is CCOC(Cc1ccc(OCCN(CC2CC2)C(=O)Oc2ccccc2)cc1)C(=O)O. The van der Waals surface area contributed by atoms with Gasteiger partial charge in [-0.15, -0.1) is 0 Å². The highest BCUT2D eigenvalue weighted by Crippen LogP contribution is 2.30. The van der Waals surface area contributed by atoms with Crippen molar-refractivity contribution in [2.45, 2.75) is 32.3 Å². The fraction of sp³-hybridized carbons (Fsp3) is 0.417. The predicted molar refractivity (Wildman–Crippen MR) is 115 cm³/mol. The van der Waals surface area contributed by atoms with E-state index in [1.54, 1.807) is 36.1 Å². The summed E-state index contributed by atoms with van der Waals surface area (Å²) in [5.41, 5.74) is 0.856. The third-order valence-electron chi connectivity index (χ3n) is 5.00. The largest absolute Gasteiger partial charge is 0.492 e. The number of ether oxygens (including phenoxy) is 3. The number of hydrogen-bond acceptors (Lipinski definition) is 5.